The van der Waals surface area contributed by atoms with Crippen LogP contribution >= 0.6 is 23.4 Å². The largest absolute Gasteiger partial charge is 0.497 e. The second-order valence-electron chi connectivity index (χ2n) is 5.94. The molecule has 2 aromatic carbocycles. The number of nitrogens with zero attached hydrogens (tertiary/aromatic N) is 1. The van der Waals surface area contributed by atoms with E-state index in [1.807, 2.05) is 43.3 Å². The maximum Gasteiger partial charge on any atom is 0.323 e. The van der Waals surface area contributed by atoms with Crippen LogP contribution in [0.3, 0.4) is 0 Å². The molecule has 1 saturated heterocycles. The Balaban J connectivity index is 1.85. The van der Waals surface area contributed by atoms with Crippen LogP contribution in [-0.4, -0.2) is 37.4 Å². The van der Waals surface area contributed by atoms with Crippen LogP contribution in [0.25, 0.3) is 0 Å². The van der Waals surface area contributed by atoms with Gasteiger partial charge in [0, 0.05) is 17.9 Å². The standard InChI is InChI=1S/C19H21ClN2O3S/c1-12-4-6-16(15(20)10-12)21-19(23)22-8-9-26-18(22)14-11-13(24-2)5-7-17(14)25-3/h4-7,10-11,18H,8-9H2,1-3H3,(H,21,23). The van der Waals surface area contributed by atoms with Crippen LogP contribution in [-0.2, 0) is 0 Å². The zero-order valence-electron chi connectivity index (χ0n) is 14.9. The predicted molar refractivity (Wildman–Crippen MR) is 107 cm³/mol. The Kier molecular flexibility index (Phi) is 5.84. The lowest BCUT2D eigenvalue weighted by molar-refractivity contribution is 0.213. The fourth-order valence-electron chi connectivity index (χ4n) is 2.88. The smallest absolute Gasteiger partial charge is 0.323 e. The number of ether oxygens (including phenoxy) is 2. The maximum absolute atomic E-state index is 12.9. The lowest BCUT2D eigenvalue weighted by atomic mass is 10.1. The zero-order chi connectivity index (χ0) is 18.7. The zero-order valence-corrected chi connectivity index (χ0v) is 16.5. The molecule has 1 fully saturated rings. The third-order valence-electron chi connectivity index (χ3n) is 4.22. The number of anilines is 1. The van der Waals surface area contributed by atoms with E-state index in [0.717, 1.165) is 28.4 Å². The number of carbonyl (C=O) groups is 1. The van der Waals surface area contributed by atoms with Crippen molar-refractivity contribution >= 4 is 35.1 Å². The van der Waals surface area contributed by atoms with Crippen molar-refractivity contribution in [1.29, 1.82) is 0 Å². The number of methoxy groups -OCH3 is 2. The van der Waals surface area contributed by atoms with Crippen molar-refractivity contribution in [3.63, 3.8) is 0 Å². The first-order chi connectivity index (χ1) is 12.5. The Morgan fingerprint density at radius 2 is 2.04 bits per heavy atom. The molecule has 0 bridgehead atoms. The molecular formula is C19H21ClN2O3S. The Labute approximate surface area is 162 Å². The van der Waals surface area contributed by atoms with E-state index in [9.17, 15) is 4.79 Å². The molecule has 1 unspecified atom stereocenters. The molecule has 1 heterocycles. The number of carbonyl (C=O) groups excluding carboxylic acids is 1. The van der Waals surface area contributed by atoms with E-state index >= 15 is 0 Å². The molecule has 2 aromatic rings. The van der Waals surface area contributed by atoms with Crippen LogP contribution in [0, 0.1) is 6.92 Å². The molecule has 3 rings (SSSR count). The van der Waals surface area contributed by atoms with Crippen LogP contribution in [0.15, 0.2) is 36.4 Å². The van der Waals surface area contributed by atoms with Crippen molar-refractivity contribution in [2.75, 3.05) is 31.8 Å². The minimum absolute atomic E-state index is 0.149. The summed E-state index contributed by atoms with van der Waals surface area (Å²) in [6.07, 6.45) is 0. The summed E-state index contributed by atoms with van der Waals surface area (Å²) in [4.78, 5) is 14.7. The minimum Gasteiger partial charge on any atom is -0.497 e. The molecule has 0 aromatic heterocycles. The maximum atomic E-state index is 12.9. The summed E-state index contributed by atoms with van der Waals surface area (Å²) in [5, 5.41) is 3.29. The molecule has 138 valence electrons. The van der Waals surface area contributed by atoms with Gasteiger partial charge in [0.05, 0.1) is 24.9 Å². The van der Waals surface area contributed by atoms with Crippen molar-refractivity contribution in [3.8, 4) is 11.5 Å². The van der Waals surface area contributed by atoms with Gasteiger partial charge in [-0.1, -0.05) is 17.7 Å². The van der Waals surface area contributed by atoms with Gasteiger partial charge in [-0.15, -0.1) is 11.8 Å². The first-order valence-electron chi connectivity index (χ1n) is 8.21. The first-order valence-corrected chi connectivity index (χ1v) is 9.63. The van der Waals surface area contributed by atoms with Crippen LogP contribution in [0.5, 0.6) is 11.5 Å². The van der Waals surface area contributed by atoms with Gasteiger partial charge in [0.15, 0.2) is 0 Å². The van der Waals surface area contributed by atoms with E-state index in [-0.39, 0.29) is 11.4 Å². The fraction of sp³-hybridized carbons (Fsp3) is 0.316. The Bertz CT molecular complexity index is 815. The van der Waals surface area contributed by atoms with E-state index in [0.29, 0.717) is 17.3 Å². The van der Waals surface area contributed by atoms with E-state index in [2.05, 4.69) is 5.32 Å². The van der Waals surface area contributed by atoms with Gasteiger partial charge in [-0.3, -0.25) is 0 Å². The summed E-state index contributed by atoms with van der Waals surface area (Å²) < 4.78 is 10.8. The van der Waals surface area contributed by atoms with Crippen molar-refractivity contribution < 1.29 is 14.3 Å². The van der Waals surface area contributed by atoms with Crippen LogP contribution in [0.4, 0.5) is 10.5 Å². The Morgan fingerprint density at radius 3 is 2.73 bits per heavy atom. The monoisotopic (exact) mass is 392 g/mol. The second-order valence-corrected chi connectivity index (χ2v) is 7.53. The van der Waals surface area contributed by atoms with Crippen LogP contribution in [0.2, 0.25) is 5.02 Å². The molecule has 2 amide bonds. The molecule has 1 aliphatic rings. The molecule has 1 aliphatic heterocycles. The average Bonchev–Trinajstić information content (AvgIpc) is 3.13. The lowest BCUT2D eigenvalue weighted by Crippen LogP contribution is -2.34. The van der Waals surface area contributed by atoms with Crippen molar-refractivity contribution in [3.05, 3.63) is 52.5 Å². The number of hydrogen-bond acceptors (Lipinski definition) is 4. The molecule has 0 radical (unpaired) electrons. The van der Waals surface area contributed by atoms with Gasteiger partial charge in [-0.2, -0.15) is 0 Å². The minimum atomic E-state index is -0.185. The SMILES string of the molecule is COc1ccc(OC)c(C2SCCN2C(=O)Nc2ccc(C)cc2Cl)c1. The fourth-order valence-corrected chi connectivity index (χ4v) is 4.43. The highest BCUT2D eigenvalue weighted by Gasteiger charge is 2.33. The molecular weight excluding hydrogens is 372 g/mol. The Hall–Kier alpha value is -2.05. The van der Waals surface area contributed by atoms with Crippen LogP contribution < -0.4 is 14.8 Å². The third kappa shape index (κ3) is 3.86. The highest BCUT2D eigenvalue weighted by atomic mass is 35.5. The number of urea groups is 1. The number of amides is 2. The number of benzene rings is 2. The number of nitrogens with one attached hydrogen (secondary N) is 1. The van der Waals surface area contributed by atoms with Gasteiger partial charge in [0.25, 0.3) is 0 Å². The number of rotatable bonds is 4. The van der Waals surface area contributed by atoms with Gasteiger partial charge in [-0.05, 0) is 42.8 Å². The van der Waals surface area contributed by atoms with Crippen LogP contribution in [0.1, 0.15) is 16.5 Å². The average molecular weight is 393 g/mol. The lowest BCUT2D eigenvalue weighted by Gasteiger charge is -2.26. The highest BCUT2D eigenvalue weighted by molar-refractivity contribution is 7.99. The van der Waals surface area contributed by atoms with Gasteiger partial charge in [-0.25, -0.2) is 4.79 Å². The number of halogens is 1. The number of aryl methyl sites for hydroxylation is 1. The van der Waals surface area contributed by atoms with E-state index in [1.165, 1.54) is 0 Å². The van der Waals surface area contributed by atoms with Gasteiger partial charge in [0.2, 0.25) is 0 Å². The van der Waals surface area contributed by atoms with Crippen molar-refractivity contribution in [1.82, 2.24) is 4.90 Å². The molecule has 0 spiro atoms. The van der Waals surface area contributed by atoms with Crippen molar-refractivity contribution in [2.24, 2.45) is 0 Å². The summed E-state index contributed by atoms with van der Waals surface area (Å²) in [6, 6.07) is 11.0. The highest BCUT2D eigenvalue weighted by Crippen LogP contribution is 2.43. The molecule has 1 N–H and O–H groups in total. The van der Waals surface area contributed by atoms with Crippen molar-refractivity contribution in [2.45, 2.75) is 12.3 Å². The second kappa shape index (κ2) is 8.10. The van der Waals surface area contributed by atoms with E-state index < -0.39 is 0 Å². The normalized spacial score (nSPS) is 16.5. The predicted octanol–water partition coefficient (Wildman–Crippen LogP) is 4.95. The van der Waals surface area contributed by atoms with Gasteiger partial charge in [0.1, 0.15) is 16.9 Å². The molecule has 5 nitrogen and oxygen atoms in total. The molecule has 7 heteroatoms. The molecule has 26 heavy (non-hydrogen) atoms. The number of thioether (sulfide) groups is 1. The van der Waals surface area contributed by atoms with E-state index in [1.54, 1.807) is 30.9 Å². The van der Waals surface area contributed by atoms with Gasteiger partial charge >= 0.3 is 6.03 Å². The molecule has 0 saturated carbocycles. The van der Waals surface area contributed by atoms with Gasteiger partial charge < -0.3 is 19.7 Å². The summed E-state index contributed by atoms with van der Waals surface area (Å²) in [7, 11) is 3.25. The molecule has 0 aliphatic carbocycles. The topological polar surface area (TPSA) is 50.8 Å². The molecule has 1 atom stereocenters. The third-order valence-corrected chi connectivity index (χ3v) is 5.78. The summed E-state index contributed by atoms with van der Waals surface area (Å²) in [6.45, 7) is 2.60. The summed E-state index contributed by atoms with van der Waals surface area (Å²) in [5.74, 6) is 2.31. The number of hydrogen-bond donors (Lipinski definition) is 1. The summed E-state index contributed by atoms with van der Waals surface area (Å²) in [5.41, 5.74) is 2.57. The quantitative estimate of drug-likeness (QED) is 0.800. The summed E-state index contributed by atoms with van der Waals surface area (Å²) >= 11 is 7.94. The Morgan fingerprint density at radius 1 is 1.23 bits per heavy atom. The van der Waals surface area contributed by atoms with E-state index in [4.69, 9.17) is 21.1 Å². The first kappa shape index (κ1) is 18.7.